The third-order valence-corrected chi connectivity index (χ3v) is 4.77. The molecule has 1 amide bonds. The number of aryl methyl sites for hydroxylation is 2. The van der Waals surface area contributed by atoms with E-state index in [1.807, 2.05) is 20.2 Å². The Balaban J connectivity index is 1.56. The number of carbonyl (C=O) groups is 1. The molecule has 0 aromatic carbocycles. The van der Waals surface area contributed by atoms with E-state index in [1.165, 1.54) is 0 Å². The van der Waals surface area contributed by atoms with Crippen molar-refractivity contribution in [1.29, 1.82) is 0 Å². The van der Waals surface area contributed by atoms with E-state index in [0.717, 1.165) is 5.56 Å². The number of rotatable bonds is 6. The van der Waals surface area contributed by atoms with Gasteiger partial charge in [-0.3, -0.25) is 14.2 Å². The summed E-state index contributed by atoms with van der Waals surface area (Å²) in [7, 11) is 1.82. The number of hydrogen-bond acceptors (Lipinski definition) is 6. The smallest absolute Gasteiger partial charge is 0.259 e. The Morgan fingerprint density at radius 3 is 2.83 bits per heavy atom. The number of nitrogens with zero attached hydrogens (tertiary/aromatic N) is 6. The topological polar surface area (TPSA) is 104 Å². The molecule has 4 heterocycles. The largest absolute Gasteiger partial charge is 0.352 e. The van der Waals surface area contributed by atoms with Crippen molar-refractivity contribution < 1.29 is 9.32 Å². The van der Waals surface area contributed by atoms with Crippen LogP contribution in [0.25, 0.3) is 22.4 Å². The Kier molecular flexibility index (Phi) is 5.06. The molecule has 0 aliphatic rings. The number of amides is 1. The van der Waals surface area contributed by atoms with E-state index < -0.39 is 0 Å². The second-order valence-corrected chi connectivity index (χ2v) is 7.54. The third-order valence-electron chi connectivity index (χ3n) is 4.57. The highest BCUT2D eigenvalue weighted by atomic mass is 35.5. The lowest BCUT2D eigenvalue weighted by Crippen LogP contribution is -2.30. The number of aromatic nitrogens is 6. The molecule has 150 valence electrons. The van der Waals surface area contributed by atoms with Gasteiger partial charge in [0.1, 0.15) is 0 Å². The van der Waals surface area contributed by atoms with E-state index in [-0.39, 0.29) is 11.8 Å². The Hall–Kier alpha value is -3.20. The molecule has 0 saturated heterocycles. The summed E-state index contributed by atoms with van der Waals surface area (Å²) in [6.07, 6.45) is 6.87. The second kappa shape index (κ2) is 7.67. The van der Waals surface area contributed by atoms with Gasteiger partial charge in [0.15, 0.2) is 0 Å². The number of carbonyl (C=O) groups excluding carboxylic acids is 1. The molecule has 10 heteroatoms. The molecule has 0 spiro atoms. The minimum absolute atomic E-state index is 0.161. The maximum absolute atomic E-state index is 13.0. The van der Waals surface area contributed by atoms with Gasteiger partial charge in [-0.05, 0) is 18.9 Å². The Bertz CT molecular complexity index is 1180. The van der Waals surface area contributed by atoms with Crippen molar-refractivity contribution >= 4 is 28.6 Å². The first-order valence-electron chi connectivity index (χ1n) is 9.13. The van der Waals surface area contributed by atoms with Gasteiger partial charge in [0, 0.05) is 38.1 Å². The summed E-state index contributed by atoms with van der Waals surface area (Å²) < 4.78 is 8.76. The lowest BCUT2D eigenvalue weighted by atomic mass is 10.1. The SMILES string of the molecule is Cc1noc2nc(-c3cnn(C)c3)cc(C(=O)NC[C@@H](C)Cn3cc(Cl)cn3)c12. The molecule has 0 aliphatic heterocycles. The summed E-state index contributed by atoms with van der Waals surface area (Å²) in [5.74, 6) is -0.0483. The van der Waals surface area contributed by atoms with Crippen molar-refractivity contribution in [2.24, 2.45) is 13.0 Å². The van der Waals surface area contributed by atoms with Gasteiger partial charge in [0.25, 0.3) is 11.6 Å². The zero-order valence-corrected chi connectivity index (χ0v) is 17.0. The van der Waals surface area contributed by atoms with Gasteiger partial charge in [0.2, 0.25) is 0 Å². The van der Waals surface area contributed by atoms with Crippen LogP contribution in [-0.4, -0.2) is 42.2 Å². The maximum atomic E-state index is 13.0. The summed E-state index contributed by atoms with van der Waals surface area (Å²) in [6, 6.07) is 1.75. The molecule has 9 nitrogen and oxygen atoms in total. The molecular formula is C19H20ClN7O2. The molecule has 0 radical (unpaired) electrons. The first kappa shape index (κ1) is 19.1. The third kappa shape index (κ3) is 4.00. The summed E-state index contributed by atoms with van der Waals surface area (Å²) in [4.78, 5) is 17.5. The molecule has 1 atom stereocenters. The number of pyridine rings is 1. The van der Waals surface area contributed by atoms with Crippen molar-refractivity contribution in [3.63, 3.8) is 0 Å². The normalized spacial score (nSPS) is 12.4. The fourth-order valence-electron chi connectivity index (χ4n) is 3.16. The lowest BCUT2D eigenvalue weighted by molar-refractivity contribution is 0.0948. The Labute approximate surface area is 171 Å². The van der Waals surface area contributed by atoms with Gasteiger partial charge < -0.3 is 9.84 Å². The minimum atomic E-state index is -0.209. The van der Waals surface area contributed by atoms with Crippen LogP contribution in [0.15, 0.2) is 35.4 Å². The predicted molar refractivity (Wildman–Crippen MR) is 107 cm³/mol. The van der Waals surface area contributed by atoms with Gasteiger partial charge in [0.05, 0.1) is 39.8 Å². The van der Waals surface area contributed by atoms with Crippen LogP contribution < -0.4 is 5.32 Å². The van der Waals surface area contributed by atoms with Crippen LogP contribution in [0.2, 0.25) is 5.02 Å². The van der Waals surface area contributed by atoms with Gasteiger partial charge in [-0.15, -0.1) is 0 Å². The van der Waals surface area contributed by atoms with Crippen LogP contribution in [0.5, 0.6) is 0 Å². The lowest BCUT2D eigenvalue weighted by Gasteiger charge is -2.13. The average molecular weight is 414 g/mol. The fraction of sp³-hybridized carbons (Fsp3) is 0.316. The Morgan fingerprint density at radius 2 is 2.14 bits per heavy atom. The number of hydrogen-bond donors (Lipinski definition) is 1. The van der Waals surface area contributed by atoms with E-state index in [1.54, 1.807) is 40.9 Å². The molecular weight excluding hydrogens is 394 g/mol. The summed E-state index contributed by atoms with van der Waals surface area (Å²) in [6.45, 7) is 4.94. The Morgan fingerprint density at radius 1 is 1.31 bits per heavy atom. The number of nitrogens with one attached hydrogen (secondary N) is 1. The van der Waals surface area contributed by atoms with Crippen LogP contribution in [0.1, 0.15) is 23.0 Å². The standard InChI is InChI=1S/C19H20ClN7O2/c1-11(8-27-10-14(20)7-23-27)5-21-18(28)15-4-16(13-6-22-26(3)9-13)24-19-17(15)12(2)25-29-19/h4,6-7,9-11H,5,8H2,1-3H3,(H,21,28)/t11-/m1/s1. The van der Waals surface area contributed by atoms with E-state index in [9.17, 15) is 4.79 Å². The molecule has 1 N–H and O–H groups in total. The van der Waals surface area contributed by atoms with Gasteiger partial charge >= 0.3 is 0 Å². The highest BCUT2D eigenvalue weighted by Crippen LogP contribution is 2.26. The van der Waals surface area contributed by atoms with Crippen LogP contribution in [0.4, 0.5) is 0 Å². The quantitative estimate of drug-likeness (QED) is 0.521. The first-order chi connectivity index (χ1) is 13.9. The van der Waals surface area contributed by atoms with Crippen LogP contribution in [-0.2, 0) is 13.6 Å². The molecule has 0 aliphatic carbocycles. The highest BCUT2D eigenvalue weighted by Gasteiger charge is 2.20. The van der Waals surface area contributed by atoms with Gasteiger partial charge in [-0.2, -0.15) is 10.2 Å². The number of fused-ring (bicyclic) bond motifs is 1. The van der Waals surface area contributed by atoms with Crippen LogP contribution in [0, 0.1) is 12.8 Å². The fourth-order valence-corrected chi connectivity index (χ4v) is 3.32. The monoisotopic (exact) mass is 413 g/mol. The molecule has 4 aromatic rings. The van der Waals surface area contributed by atoms with Gasteiger partial charge in [-0.1, -0.05) is 23.7 Å². The molecule has 0 saturated carbocycles. The molecule has 0 unspecified atom stereocenters. The zero-order valence-electron chi connectivity index (χ0n) is 16.3. The highest BCUT2D eigenvalue weighted by molar-refractivity contribution is 6.30. The van der Waals surface area contributed by atoms with Gasteiger partial charge in [-0.25, -0.2) is 4.98 Å². The summed E-state index contributed by atoms with van der Waals surface area (Å²) >= 11 is 5.90. The van der Waals surface area contributed by atoms with Crippen molar-refractivity contribution in [3.8, 4) is 11.3 Å². The number of halogens is 1. The minimum Gasteiger partial charge on any atom is -0.352 e. The predicted octanol–water partition coefficient (Wildman–Crippen LogP) is 2.85. The molecule has 29 heavy (non-hydrogen) atoms. The van der Waals surface area contributed by atoms with Crippen molar-refractivity contribution in [2.75, 3.05) is 6.54 Å². The van der Waals surface area contributed by atoms with Crippen molar-refractivity contribution in [2.45, 2.75) is 20.4 Å². The second-order valence-electron chi connectivity index (χ2n) is 7.10. The molecule has 4 rings (SSSR count). The van der Waals surface area contributed by atoms with Crippen LogP contribution >= 0.6 is 11.6 Å². The van der Waals surface area contributed by atoms with E-state index in [2.05, 4.69) is 25.7 Å². The average Bonchev–Trinajstić information content (AvgIpc) is 3.40. The maximum Gasteiger partial charge on any atom is 0.259 e. The summed E-state index contributed by atoms with van der Waals surface area (Å²) in [5.41, 5.74) is 2.82. The molecule has 0 fully saturated rings. The molecule has 0 bridgehead atoms. The van der Waals surface area contributed by atoms with E-state index in [0.29, 0.717) is 46.2 Å². The summed E-state index contributed by atoms with van der Waals surface area (Å²) in [5, 5.41) is 16.5. The van der Waals surface area contributed by atoms with Crippen LogP contribution in [0.3, 0.4) is 0 Å². The molecule has 4 aromatic heterocycles. The van der Waals surface area contributed by atoms with Crippen molar-refractivity contribution in [1.82, 2.24) is 35.0 Å². The zero-order chi connectivity index (χ0) is 20.5. The first-order valence-corrected chi connectivity index (χ1v) is 9.50. The van der Waals surface area contributed by atoms with Crippen molar-refractivity contribution in [3.05, 3.63) is 47.1 Å². The van der Waals surface area contributed by atoms with E-state index >= 15 is 0 Å². The van der Waals surface area contributed by atoms with E-state index in [4.69, 9.17) is 16.1 Å².